The molecule has 0 bridgehead atoms. The van der Waals surface area contributed by atoms with E-state index in [1.807, 2.05) is 0 Å². The topological polar surface area (TPSA) is 46.2 Å². The fourth-order valence-electron chi connectivity index (χ4n) is 3.65. The monoisotopic (exact) mass is 315 g/mol. The molecule has 0 amide bonds. The van der Waals surface area contributed by atoms with Crippen molar-refractivity contribution in [1.29, 1.82) is 0 Å². The quantitative estimate of drug-likeness (QED) is 0.672. The zero-order chi connectivity index (χ0) is 15.3. The van der Waals surface area contributed by atoms with Gasteiger partial charge in [0.15, 0.2) is 9.84 Å². The van der Waals surface area contributed by atoms with Gasteiger partial charge in [0.05, 0.1) is 11.5 Å². The van der Waals surface area contributed by atoms with Gasteiger partial charge < -0.3 is 5.32 Å². The molecule has 1 saturated carbocycles. The van der Waals surface area contributed by atoms with Crippen molar-refractivity contribution in [3.8, 4) is 0 Å². The van der Waals surface area contributed by atoms with Gasteiger partial charge in [0.1, 0.15) is 0 Å². The average Bonchev–Trinajstić information content (AvgIpc) is 3.21. The van der Waals surface area contributed by atoms with Gasteiger partial charge in [0.2, 0.25) is 0 Å². The van der Waals surface area contributed by atoms with Crippen LogP contribution in [0.5, 0.6) is 0 Å². The van der Waals surface area contributed by atoms with Crippen LogP contribution in [0.25, 0.3) is 0 Å². The van der Waals surface area contributed by atoms with Crippen LogP contribution >= 0.6 is 0 Å². The minimum absolute atomic E-state index is 0.400. The largest absolute Gasteiger partial charge is 0.314 e. The second-order valence-electron chi connectivity index (χ2n) is 7.26. The van der Waals surface area contributed by atoms with Gasteiger partial charge in [-0.2, -0.15) is 0 Å². The molecular formula is C17H33NO2S. The Bertz CT molecular complexity index is 403. The fraction of sp³-hybridized carbons (Fsp3) is 1.00. The van der Waals surface area contributed by atoms with Crippen LogP contribution in [0.15, 0.2) is 0 Å². The van der Waals surface area contributed by atoms with Crippen LogP contribution in [0.4, 0.5) is 0 Å². The van der Waals surface area contributed by atoms with Gasteiger partial charge in [-0.15, -0.1) is 0 Å². The van der Waals surface area contributed by atoms with Crippen LogP contribution in [-0.4, -0.2) is 32.5 Å². The summed E-state index contributed by atoms with van der Waals surface area (Å²) in [6.07, 6.45) is 9.85. The summed E-state index contributed by atoms with van der Waals surface area (Å²) in [4.78, 5) is 0. The first-order chi connectivity index (χ1) is 10.0. The van der Waals surface area contributed by atoms with Crippen molar-refractivity contribution in [2.75, 3.05) is 18.1 Å². The molecule has 124 valence electrons. The number of hydrogen-bond acceptors (Lipinski definition) is 3. The van der Waals surface area contributed by atoms with E-state index in [1.54, 1.807) is 0 Å². The first-order valence-corrected chi connectivity index (χ1v) is 10.8. The first kappa shape index (κ1) is 17.3. The third kappa shape index (κ3) is 5.90. The lowest BCUT2D eigenvalue weighted by atomic mass is 9.81. The van der Waals surface area contributed by atoms with Crippen LogP contribution in [-0.2, 0) is 9.84 Å². The van der Waals surface area contributed by atoms with E-state index < -0.39 is 9.84 Å². The van der Waals surface area contributed by atoms with Crippen LogP contribution in [0.2, 0.25) is 0 Å². The number of unbranched alkanes of at least 4 members (excludes halogenated alkanes) is 1. The highest BCUT2D eigenvalue weighted by Crippen LogP contribution is 2.33. The predicted octanol–water partition coefficient (Wildman–Crippen LogP) is 3.40. The highest BCUT2D eigenvalue weighted by Gasteiger charge is 2.35. The summed E-state index contributed by atoms with van der Waals surface area (Å²) in [7, 11) is -2.75. The molecule has 0 aromatic carbocycles. The third-order valence-electron chi connectivity index (χ3n) is 5.36. The maximum Gasteiger partial charge on any atom is 0.150 e. The Morgan fingerprint density at radius 1 is 1.19 bits per heavy atom. The number of sulfone groups is 1. The minimum atomic E-state index is -2.75. The summed E-state index contributed by atoms with van der Waals surface area (Å²) in [5, 5.41) is 3.65. The van der Waals surface area contributed by atoms with Crippen molar-refractivity contribution in [3.63, 3.8) is 0 Å². The van der Waals surface area contributed by atoms with E-state index in [0.717, 1.165) is 24.9 Å². The molecule has 0 spiro atoms. The molecule has 2 rings (SSSR count). The summed E-state index contributed by atoms with van der Waals surface area (Å²) in [5.74, 6) is 2.60. The van der Waals surface area contributed by atoms with E-state index in [4.69, 9.17) is 0 Å². The lowest BCUT2D eigenvalue weighted by Crippen LogP contribution is -2.32. The van der Waals surface area contributed by atoms with Crippen LogP contribution in [0.3, 0.4) is 0 Å². The summed E-state index contributed by atoms with van der Waals surface area (Å²) in [6, 6.07) is 0.723. The smallest absolute Gasteiger partial charge is 0.150 e. The summed E-state index contributed by atoms with van der Waals surface area (Å²) in [6.45, 7) is 5.58. The van der Waals surface area contributed by atoms with Crippen molar-refractivity contribution < 1.29 is 8.42 Å². The second kappa shape index (κ2) is 7.96. The molecule has 1 N–H and O–H groups in total. The van der Waals surface area contributed by atoms with Crippen molar-refractivity contribution >= 4 is 9.84 Å². The van der Waals surface area contributed by atoms with Crippen molar-refractivity contribution in [2.24, 2.45) is 17.8 Å². The van der Waals surface area contributed by atoms with Gasteiger partial charge in [0, 0.05) is 6.04 Å². The molecule has 0 aromatic rings. The Labute approximate surface area is 131 Å². The number of rotatable bonds is 10. The van der Waals surface area contributed by atoms with Crippen molar-refractivity contribution in [1.82, 2.24) is 5.32 Å². The average molecular weight is 316 g/mol. The SMILES string of the molecule is CCCCC(CC)CC(CNC1CC1)C1CCS(=O)(=O)C1. The molecule has 1 saturated heterocycles. The van der Waals surface area contributed by atoms with E-state index in [0.29, 0.717) is 23.3 Å². The van der Waals surface area contributed by atoms with Gasteiger partial charge in [-0.25, -0.2) is 8.42 Å². The lowest BCUT2D eigenvalue weighted by molar-refractivity contribution is 0.259. The number of nitrogens with one attached hydrogen (secondary N) is 1. The Morgan fingerprint density at radius 2 is 1.95 bits per heavy atom. The van der Waals surface area contributed by atoms with E-state index >= 15 is 0 Å². The Kier molecular flexibility index (Phi) is 6.54. The zero-order valence-corrected chi connectivity index (χ0v) is 14.6. The van der Waals surface area contributed by atoms with Gasteiger partial charge in [0.25, 0.3) is 0 Å². The standard InChI is InChI=1S/C17H33NO2S/c1-3-5-6-14(4-2)11-16(12-18-17-7-8-17)15-9-10-21(19,20)13-15/h14-18H,3-13H2,1-2H3. The molecule has 1 aliphatic heterocycles. The van der Waals surface area contributed by atoms with Gasteiger partial charge in [-0.05, 0) is 50.0 Å². The normalized spacial score (nSPS) is 27.6. The Hall–Kier alpha value is -0.0900. The molecule has 2 aliphatic rings. The van der Waals surface area contributed by atoms with Crippen molar-refractivity contribution in [3.05, 3.63) is 0 Å². The number of hydrogen-bond donors (Lipinski definition) is 1. The molecular weight excluding hydrogens is 282 g/mol. The highest BCUT2D eigenvalue weighted by molar-refractivity contribution is 7.91. The molecule has 3 unspecified atom stereocenters. The molecule has 1 heterocycles. The van der Waals surface area contributed by atoms with E-state index in [2.05, 4.69) is 19.2 Å². The second-order valence-corrected chi connectivity index (χ2v) is 9.49. The van der Waals surface area contributed by atoms with Crippen LogP contribution in [0.1, 0.15) is 65.2 Å². The van der Waals surface area contributed by atoms with E-state index in [1.165, 1.54) is 44.9 Å². The van der Waals surface area contributed by atoms with Gasteiger partial charge in [-0.3, -0.25) is 0 Å². The van der Waals surface area contributed by atoms with Crippen molar-refractivity contribution in [2.45, 2.75) is 71.3 Å². The molecule has 1 aliphatic carbocycles. The molecule has 0 radical (unpaired) electrons. The maximum atomic E-state index is 11.8. The predicted molar refractivity (Wildman–Crippen MR) is 89.2 cm³/mol. The molecule has 4 heteroatoms. The van der Waals surface area contributed by atoms with Crippen LogP contribution in [0, 0.1) is 17.8 Å². The highest BCUT2D eigenvalue weighted by atomic mass is 32.2. The minimum Gasteiger partial charge on any atom is -0.314 e. The molecule has 0 aromatic heterocycles. The third-order valence-corrected chi connectivity index (χ3v) is 7.15. The molecule has 21 heavy (non-hydrogen) atoms. The molecule has 3 nitrogen and oxygen atoms in total. The molecule has 2 fully saturated rings. The van der Waals surface area contributed by atoms with Crippen LogP contribution < -0.4 is 5.32 Å². The first-order valence-electron chi connectivity index (χ1n) is 8.97. The van der Waals surface area contributed by atoms with Gasteiger partial charge in [-0.1, -0.05) is 39.5 Å². The Balaban J connectivity index is 1.90. The maximum absolute atomic E-state index is 11.8. The zero-order valence-electron chi connectivity index (χ0n) is 13.8. The summed E-state index contributed by atoms with van der Waals surface area (Å²) < 4.78 is 23.6. The van der Waals surface area contributed by atoms with Gasteiger partial charge >= 0.3 is 0 Å². The lowest BCUT2D eigenvalue weighted by Gasteiger charge is -2.27. The summed E-state index contributed by atoms with van der Waals surface area (Å²) in [5.41, 5.74) is 0. The Morgan fingerprint density at radius 3 is 2.48 bits per heavy atom. The summed E-state index contributed by atoms with van der Waals surface area (Å²) >= 11 is 0. The van der Waals surface area contributed by atoms with E-state index in [-0.39, 0.29) is 0 Å². The fourth-order valence-corrected chi connectivity index (χ4v) is 5.57. The molecule has 3 atom stereocenters. The van der Waals surface area contributed by atoms with E-state index in [9.17, 15) is 8.42 Å².